The zero-order chi connectivity index (χ0) is 17.8. The summed E-state index contributed by atoms with van der Waals surface area (Å²) >= 11 is 0. The van der Waals surface area contributed by atoms with Gasteiger partial charge < -0.3 is 14.6 Å². The molecule has 2 heterocycles. The highest BCUT2D eigenvalue weighted by molar-refractivity contribution is 5.84. The number of esters is 1. The minimum atomic E-state index is -0.276. The van der Waals surface area contributed by atoms with Crippen molar-refractivity contribution in [1.82, 2.24) is 9.88 Å². The van der Waals surface area contributed by atoms with Crippen LogP contribution in [0.1, 0.15) is 43.6 Å². The zero-order valence-corrected chi connectivity index (χ0v) is 14.4. The second-order valence-corrected chi connectivity index (χ2v) is 6.52. The third kappa shape index (κ3) is 4.00. The maximum atomic E-state index is 13.3. The number of hydrogen-bond donors (Lipinski definition) is 1. The number of H-pyrrole nitrogens is 1. The van der Waals surface area contributed by atoms with Crippen LogP contribution in [0.25, 0.3) is 10.9 Å². The molecule has 0 saturated carbocycles. The molecule has 25 heavy (non-hydrogen) atoms. The van der Waals surface area contributed by atoms with Crippen LogP contribution >= 0.6 is 0 Å². The molecule has 1 aromatic heterocycles. The lowest BCUT2D eigenvalue weighted by Gasteiger charge is -2.32. The Balaban J connectivity index is 1.54. The van der Waals surface area contributed by atoms with Gasteiger partial charge in [0.25, 0.3) is 0 Å². The van der Waals surface area contributed by atoms with Gasteiger partial charge in [0.1, 0.15) is 5.82 Å². The first-order valence-corrected chi connectivity index (χ1v) is 8.69. The SMILES string of the molecule is COC(=O)CCCC(=O)N1CCC(c2c[nH]c3cc(F)ccc23)CC1. The van der Waals surface area contributed by atoms with E-state index in [-0.39, 0.29) is 24.1 Å². The number of carbonyl (C=O) groups excluding carboxylic acids is 2. The van der Waals surface area contributed by atoms with E-state index >= 15 is 0 Å². The van der Waals surface area contributed by atoms with E-state index in [0.717, 1.165) is 36.8 Å². The van der Waals surface area contributed by atoms with Gasteiger partial charge in [-0.3, -0.25) is 9.59 Å². The minimum absolute atomic E-state index is 0.100. The molecule has 1 N–H and O–H groups in total. The number of nitrogens with one attached hydrogen (secondary N) is 1. The molecule has 2 aromatic rings. The Morgan fingerprint density at radius 1 is 1.28 bits per heavy atom. The number of amides is 1. The molecule has 3 rings (SSSR count). The molecule has 0 aliphatic carbocycles. The van der Waals surface area contributed by atoms with Crippen molar-refractivity contribution in [3.8, 4) is 0 Å². The van der Waals surface area contributed by atoms with Gasteiger partial charge in [-0.05, 0) is 48.9 Å². The third-order valence-electron chi connectivity index (χ3n) is 4.96. The van der Waals surface area contributed by atoms with Crippen LogP contribution in [-0.2, 0) is 14.3 Å². The molecule has 1 amide bonds. The van der Waals surface area contributed by atoms with Crippen molar-refractivity contribution in [2.45, 2.75) is 38.0 Å². The molecular formula is C19H23FN2O3. The third-order valence-corrected chi connectivity index (χ3v) is 4.96. The number of aromatic amines is 1. The largest absolute Gasteiger partial charge is 0.469 e. The number of benzene rings is 1. The summed E-state index contributed by atoms with van der Waals surface area (Å²) in [4.78, 5) is 28.4. The van der Waals surface area contributed by atoms with E-state index < -0.39 is 0 Å². The Hall–Kier alpha value is -2.37. The van der Waals surface area contributed by atoms with Crippen LogP contribution in [0.4, 0.5) is 4.39 Å². The first-order chi connectivity index (χ1) is 12.1. The quantitative estimate of drug-likeness (QED) is 0.845. The number of halogens is 1. The summed E-state index contributed by atoms with van der Waals surface area (Å²) in [7, 11) is 1.36. The fourth-order valence-electron chi connectivity index (χ4n) is 3.54. The highest BCUT2D eigenvalue weighted by Gasteiger charge is 2.25. The van der Waals surface area contributed by atoms with Crippen LogP contribution in [0, 0.1) is 5.82 Å². The van der Waals surface area contributed by atoms with E-state index in [4.69, 9.17) is 0 Å². The van der Waals surface area contributed by atoms with Crippen LogP contribution in [0.3, 0.4) is 0 Å². The number of ether oxygens (including phenoxy) is 1. The summed E-state index contributed by atoms with van der Waals surface area (Å²) in [6.07, 6.45) is 4.94. The second kappa shape index (κ2) is 7.68. The molecule has 0 bridgehead atoms. The number of aromatic nitrogens is 1. The maximum Gasteiger partial charge on any atom is 0.305 e. The summed E-state index contributed by atoms with van der Waals surface area (Å²) in [6.45, 7) is 1.44. The molecule has 0 atom stereocenters. The number of carbonyl (C=O) groups is 2. The van der Waals surface area contributed by atoms with Gasteiger partial charge in [-0.15, -0.1) is 0 Å². The molecule has 0 unspecified atom stereocenters. The first-order valence-electron chi connectivity index (χ1n) is 8.69. The zero-order valence-electron chi connectivity index (χ0n) is 14.4. The number of rotatable bonds is 5. The van der Waals surface area contributed by atoms with E-state index in [1.54, 1.807) is 0 Å². The van der Waals surface area contributed by atoms with Crippen molar-refractivity contribution < 1.29 is 18.7 Å². The van der Waals surface area contributed by atoms with E-state index in [0.29, 0.717) is 18.8 Å². The van der Waals surface area contributed by atoms with E-state index in [1.807, 2.05) is 17.2 Å². The molecule has 1 saturated heterocycles. The van der Waals surface area contributed by atoms with Gasteiger partial charge in [-0.1, -0.05) is 0 Å². The highest BCUT2D eigenvalue weighted by Crippen LogP contribution is 2.33. The van der Waals surface area contributed by atoms with Crippen LogP contribution in [0.15, 0.2) is 24.4 Å². The average Bonchev–Trinajstić information content (AvgIpc) is 3.04. The van der Waals surface area contributed by atoms with Gasteiger partial charge in [0, 0.05) is 43.0 Å². The molecule has 0 spiro atoms. The second-order valence-electron chi connectivity index (χ2n) is 6.52. The van der Waals surface area contributed by atoms with Crippen LogP contribution < -0.4 is 0 Å². The molecule has 1 aliphatic heterocycles. The van der Waals surface area contributed by atoms with Crippen LogP contribution in [0.2, 0.25) is 0 Å². The summed E-state index contributed by atoms with van der Waals surface area (Å²) in [5, 5.41) is 1.06. The van der Waals surface area contributed by atoms with Crippen molar-refractivity contribution in [1.29, 1.82) is 0 Å². The first kappa shape index (κ1) is 17.5. The molecule has 6 heteroatoms. The predicted molar refractivity (Wildman–Crippen MR) is 92.7 cm³/mol. The van der Waals surface area contributed by atoms with Crippen molar-refractivity contribution in [2.75, 3.05) is 20.2 Å². The van der Waals surface area contributed by atoms with Crippen molar-refractivity contribution >= 4 is 22.8 Å². The summed E-state index contributed by atoms with van der Waals surface area (Å²) in [5.74, 6) is -0.0442. The van der Waals surface area contributed by atoms with Crippen LogP contribution in [0.5, 0.6) is 0 Å². The Labute approximate surface area is 146 Å². The van der Waals surface area contributed by atoms with Crippen molar-refractivity contribution in [3.63, 3.8) is 0 Å². The number of nitrogens with zero attached hydrogens (tertiary/aromatic N) is 1. The maximum absolute atomic E-state index is 13.3. The standard InChI is InChI=1S/C19H23FN2O3/c1-25-19(24)4-2-3-18(23)22-9-7-13(8-10-22)16-12-21-17-11-14(20)5-6-15(16)17/h5-6,11-13,21H,2-4,7-10H2,1H3. The topological polar surface area (TPSA) is 62.4 Å². The monoisotopic (exact) mass is 346 g/mol. The number of fused-ring (bicyclic) bond motifs is 1. The lowest BCUT2D eigenvalue weighted by molar-refractivity contribution is -0.141. The molecule has 134 valence electrons. The van der Waals surface area contributed by atoms with E-state index in [9.17, 15) is 14.0 Å². The lowest BCUT2D eigenvalue weighted by atomic mass is 9.89. The smallest absolute Gasteiger partial charge is 0.305 e. The van der Waals surface area contributed by atoms with E-state index in [1.165, 1.54) is 24.8 Å². The van der Waals surface area contributed by atoms with E-state index in [2.05, 4.69) is 9.72 Å². The average molecular weight is 346 g/mol. The van der Waals surface area contributed by atoms with Crippen molar-refractivity contribution in [3.05, 3.63) is 35.8 Å². The van der Waals surface area contributed by atoms with Gasteiger partial charge >= 0.3 is 5.97 Å². The molecule has 0 radical (unpaired) electrons. The van der Waals surface area contributed by atoms with Crippen LogP contribution in [-0.4, -0.2) is 42.0 Å². The normalized spacial score (nSPS) is 15.5. The molecule has 1 fully saturated rings. The Kier molecular flexibility index (Phi) is 5.36. The predicted octanol–water partition coefficient (Wildman–Crippen LogP) is 3.36. The fourth-order valence-corrected chi connectivity index (χ4v) is 3.54. The van der Waals surface area contributed by atoms with Gasteiger partial charge in [0.15, 0.2) is 0 Å². The summed E-state index contributed by atoms with van der Waals surface area (Å²) in [6, 6.07) is 4.82. The number of hydrogen-bond acceptors (Lipinski definition) is 3. The van der Waals surface area contributed by atoms with Gasteiger partial charge in [-0.25, -0.2) is 4.39 Å². The van der Waals surface area contributed by atoms with Gasteiger partial charge in [0.2, 0.25) is 5.91 Å². The van der Waals surface area contributed by atoms with Gasteiger partial charge in [-0.2, -0.15) is 0 Å². The highest BCUT2D eigenvalue weighted by atomic mass is 19.1. The van der Waals surface area contributed by atoms with Gasteiger partial charge in [0.05, 0.1) is 7.11 Å². The number of piperidine rings is 1. The van der Waals surface area contributed by atoms with Crippen molar-refractivity contribution in [2.24, 2.45) is 0 Å². The lowest BCUT2D eigenvalue weighted by Crippen LogP contribution is -2.37. The minimum Gasteiger partial charge on any atom is -0.469 e. The Morgan fingerprint density at radius 2 is 2.04 bits per heavy atom. The fraction of sp³-hybridized carbons (Fsp3) is 0.474. The number of likely N-dealkylation sites (tertiary alicyclic amines) is 1. The Bertz CT molecular complexity index is 763. The molecule has 5 nitrogen and oxygen atoms in total. The molecular weight excluding hydrogens is 323 g/mol. The number of methoxy groups -OCH3 is 1. The summed E-state index contributed by atoms with van der Waals surface area (Å²) < 4.78 is 17.9. The Morgan fingerprint density at radius 3 is 2.76 bits per heavy atom. The molecule has 1 aromatic carbocycles. The molecule has 1 aliphatic rings. The summed E-state index contributed by atoms with van der Waals surface area (Å²) in [5.41, 5.74) is 2.02.